The van der Waals surface area contributed by atoms with Crippen LogP contribution in [-0.2, 0) is 11.8 Å². The molecule has 1 aromatic heterocycles. The smallest absolute Gasteiger partial charge is 0.139 e. The zero-order chi connectivity index (χ0) is 16.4. The van der Waals surface area contributed by atoms with Crippen LogP contribution in [0.3, 0.4) is 0 Å². The normalized spacial score (nSPS) is 30.9. The van der Waals surface area contributed by atoms with Gasteiger partial charge in [-0.15, -0.1) is 0 Å². The quantitative estimate of drug-likeness (QED) is 0.920. The van der Waals surface area contributed by atoms with Crippen molar-refractivity contribution in [3.05, 3.63) is 18.2 Å². The van der Waals surface area contributed by atoms with Crippen LogP contribution >= 0.6 is 0 Å². The van der Waals surface area contributed by atoms with E-state index in [1.54, 1.807) is 0 Å². The molecular formula is C19H32N4O. The van der Waals surface area contributed by atoms with Gasteiger partial charge in [-0.1, -0.05) is 19.3 Å². The maximum absolute atomic E-state index is 5.99. The van der Waals surface area contributed by atoms with Gasteiger partial charge in [-0.25, -0.2) is 4.98 Å². The Morgan fingerprint density at radius 2 is 1.88 bits per heavy atom. The summed E-state index contributed by atoms with van der Waals surface area (Å²) in [7, 11) is 2.06. The van der Waals surface area contributed by atoms with E-state index in [9.17, 15) is 0 Å². The molecule has 0 radical (unpaired) electrons. The number of imidazole rings is 1. The lowest BCUT2D eigenvalue weighted by Crippen LogP contribution is -2.50. The molecule has 1 N–H and O–H groups in total. The predicted octanol–water partition coefficient (Wildman–Crippen LogP) is 2.64. The second-order valence-electron chi connectivity index (χ2n) is 7.85. The number of nitrogens with zero attached hydrogens (tertiary/aromatic N) is 3. The van der Waals surface area contributed by atoms with Gasteiger partial charge in [-0.2, -0.15) is 0 Å². The highest BCUT2D eigenvalue weighted by molar-refractivity contribution is 5.03. The van der Waals surface area contributed by atoms with Crippen molar-refractivity contribution < 1.29 is 4.74 Å². The summed E-state index contributed by atoms with van der Waals surface area (Å²) in [6, 6.07) is 1.92. The van der Waals surface area contributed by atoms with E-state index in [1.807, 2.05) is 12.4 Å². The number of piperidine rings is 1. The van der Waals surface area contributed by atoms with Crippen molar-refractivity contribution >= 4 is 0 Å². The topological polar surface area (TPSA) is 42.3 Å². The van der Waals surface area contributed by atoms with Crippen LogP contribution in [0.1, 0.15) is 63.3 Å². The second-order valence-corrected chi connectivity index (χ2v) is 7.85. The van der Waals surface area contributed by atoms with Gasteiger partial charge >= 0.3 is 0 Å². The monoisotopic (exact) mass is 332 g/mol. The second kappa shape index (κ2) is 7.54. The highest BCUT2D eigenvalue weighted by Gasteiger charge is 2.35. The molecule has 2 saturated heterocycles. The van der Waals surface area contributed by atoms with E-state index in [2.05, 4.69) is 26.8 Å². The third kappa shape index (κ3) is 3.53. The lowest BCUT2D eigenvalue weighted by atomic mass is 9.92. The third-order valence-electron chi connectivity index (χ3n) is 6.28. The first-order valence-corrected chi connectivity index (χ1v) is 9.90. The molecule has 24 heavy (non-hydrogen) atoms. The summed E-state index contributed by atoms with van der Waals surface area (Å²) < 4.78 is 8.09. The van der Waals surface area contributed by atoms with Gasteiger partial charge in [0.15, 0.2) is 0 Å². The zero-order valence-electron chi connectivity index (χ0n) is 15.0. The minimum absolute atomic E-state index is 0.112. The number of hydrogen-bond acceptors (Lipinski definition) is 4. The van der Waals surface area contributed by atoms with Crippen molar-refractivity contribution in [1.82, 2.24) is 19.8 Å². The van der Waals surface area contributed by atoms with Crippen molar-refractivity contribution in [2.75, 3.05) is 19.7 Å². The Kier molecular flexibility index (Phi) is 5.20. The Labute approximate surface area is 145 Å². The number of aryl methyl sites for hydroxylation is 1. The van der Waals surface area contributed by atoms with Crippen LogP contribution in [0.15, 0.2) is 12.4 Å². The van der Waals surface area contributed by atoms with Crippen LogP contribution in [0.2, 0.25) is 0 Å². The molecule has 5 nitrogen and oxygen atoms in total. The van der Waals surface area contributed by atoms with Crippen LogP contribution in [0.4, 0.5) is 0 Å². The van der Waals surface area contributed by atoms with E-state index in [0.29, 0.717) is 12.1 Å². The number of ether oxygens (including phenoxy) is 1. The van der Waals surface area contributed by atoms with Gasteiger partial charge in [-0.05, 0) is 45.2 Å². The molecule has 1 aliphatic carbocycles. The maximum atomic E-state index is 5.99. The number of likely N-dealkylation sites (tertiary alicyclic amines) is 1. The minimum Gasteiger partial charge on any atom is -0.369 e. The molecule has 0 amide bonds. The van der Waals surface area contributed by atoms with Crippen LogP contribution in [-0.4, -0.2) is 52.3 Å². The molecule has 3 heterocycles. The zero-order valence-corrected chi connectivity index (χ0v) is 15.0. The summed E-state index contributed by atoms with van der Waals surface area (Å²) in [5.41, 5.74) is 0. The summed E-state index contributed by atoms with van der Waals surface area (Å²) >= 11 is 0. The summed E-state index contributed by atoms with van der Waals surface area (Å²) in [4.78, 5) is 7.27. The Morgan fingerprint density at radius 1 is 1.08 bits per heavy atom. The maximum Gasteiger partial charge on any atom is 0.139 e. The molecule has 3 aliphatic rings. The Hall–Kier alpha value is -0.910. The Bertz CT molecular complexity index is 517. The third-order valence-corrected chi connectivity index (χ3v) is 6.28. The molecule has 0 spiro atoms. The minimum atomic E-state index is 0.112. The van der Waals surface area contributed by atoms with Crippen LogP contribution in [0.25, 0.3) is 0 Å². The summed E-state index contributed by atoms with van der Waals surface area (Å²) in [5, 5.41) is 3.90. The van der Waals surface area contributed by atoms with Crippen molar-refractivity contribution in [3.63, 3.8) is 0 Å². The lowest BCUT2D eigenvalue weighted by molar-refractivity contribution is 0.0778. The number of hydrogen-bond donors (Lipinski definition) is 1. The average molecular weight is 332 g/mol. The lowest BCUT2D eigenvalue weighted by Gasteiger charge is -2.40. The molecule has 1 saturated carbocycles. The summed E-state index contributed by atoms with van der Waals surface area (Å²) in [5.74, 6) is 1.06. The van der Waals surface area contributed by atoms with Crippen LogP contribution in [0.5, 0.6) is 0 Å². The van der Waals surface area contributed by atoms with E-state index in [-0.39, 0.29) is 6.10 Å². The molecule has 1 aromatic rings. The Morgan fingerprint density at radius 3 is 2.58 bits per heavy atom. The van der Waals surface area contributed by atoms with Gasteiger partial charge in [0.2, 0.25) is 0 Å². The van der Waals surface area contributed by atoms with Gasteiger partial charge < -0.3 is 19.5 Å². The summed E-state index contributed by atoms with van der Waals surface area (Å²) in [6.45, 7) is 3.38. The molecule has 0 bridgehead atoms. The fourth-order valence-corrected chi connectivity index (χ4v) is 4.85. The van der Waals surface area contributed by atoms with Crippen LogP contribution in [0, 0.1) is 0 Å². The number of nitrogens with one attached hydrogen (secondary N) is 1. The highest BCUT2D eigenvalue weighted by atomic mass is 16.5. The predicted molar refractivity (Wildman–Crippen MR) is 94.9 cm³/mol. The van der Waals surface area contributed by atoms with E-state index < -0.39 is 0 Å². The number of rotatable bonds is 4. The molecular weight excluding hydrogens is 300 g/mol. The standard InChI is InChI=1S/C19H32N4O/c1-22-13-10-20-19(22)18-17(9-14-24-18)21-15-7-11-23(12-8-15)16-5-3-2-4-6-16/h10,13,15-18,21H,2-9,11-12,14H2,1H3/t17-,18-/m0/s1. The number of aromatic nitrogens is 2. The van der Waals surface area contributed by atoms with Gasteiger partial charge in [-0.3, -0.25) is 0 Å². The van der Waals surface area contributed by atoms with Crippen molar-refractivity contribution in [2.45, 2.75) is 75.6 Å². The van der Waals surface area contributed by atoms with Gasteiger partial charge in [0, 0.05) is 44.2 Å². The van der Waals surface area contributed by atoms with Crippen LogP contribution < -0.4 is 5.32 Å². The molecule has 3 fully saturated rings. The first-order chi connectivity index (χ1) is 11.8. The van der Waals surface area contributed by atoms with Gasteiger partial charge in [0.25, 0.3) is 0 Å². The molecule has 0 unspecified atom stereocenters. The van der Waals surface area contributed by atoms with Crippen molar-refractivity contribution in [1.29, 1.82) is 0 Å². The molecule has 0 aromatic carbocycles. The molecule has 4 rings (SSSR count). The largest absolute Gasteiger partial charge is 0.369 e. The van der Waals surface area contributed by atoms with Crippen molar-refractivity contribution in [2.24, 2.45) is 7.05 Å². The molecule has 2 atom stereocenters. The van der Waals surface area contributed by atoms with E-state index in [0.717, 1.165) is 24.9 Å². The van der Waals surface area contributed by atoms with Crippen molar-refractivity contribution in [3.8, 4) is 0 Å². The van der Waals surface area contributed by atoms with E-state index in [4.69, 9.17) is 4.74 Å². The fourth-order valence-electron chi connectivity index (χ4n) is 4.85. The Balaban J connectivity index is 1.29. The van der Waals surface area contributed by atoms with Gasteiger partial charge in [0.1, 0.15) is 11.9 Å². The highest BCUT2D eigenvalue weighted by Crippen LogP contribution is 2.30. The molecule has 134 valence electrons. The SMILES string of the molecule is Cn1ccnc1[C@H]1OCC[C@@H]1NC1CCN(C2CCCCC2)CC1. The molecule has 2 aliphatic heterocycles. The fraction of sp³-hybridized carbons (Fsp3) is 0.842. The molecule has 5 heteroatoms. The first-order valence-electron chi connectivity index (χ1n) is 9.90. The van der Waals surface area contributed by atoms with E-state index >= 15 is 0 Å². The van der Waals surface area contributed by atoms with Gasteiger partial charge in [0.05, 0.1) is 0 Å². The summed E-state index contributed by atoms with van der Waals surface area (Å²) in [6.07, 6.45) is 14.8. The first kappa shape index (κ1) is 16.6. The average Bonchev–Trinajstić information content (AvgIpc) is 3.25. The van der Waals surface area contributed by atoms with E-state index in [1.165, 1.54) is 58.0 Å².